The summed E-state index contributed by atoms with van der Waals surface area (Å²) in [5.74, 6) is -2.54. The third kappa shape index (κ3) is 17.0. The van der Waals surface area contributed by atoms with E-state index >= 15 is 0 Å². The highest BCUT2D eigenvalue weighted by atomic mass is 16.5. The summed E-state index contributed by atoms with van der Waals surface area (Å²) in [6.07, 6.45) is 0.577. The van der Waals surface area contributed by atoms with Crippen LogP contribution in [0.2, 0.25) is 0 Å². The van der Waals surface area contributed by atoms with E-state index in [9.17, 15) is 39.3 Å². The highest BCUT2D eigenvalue weighted by Gasteiger charge is 2.23. The maximum absolute atomic E-state index is 12.9. The number of carbonyl (C=O) groups excluding carboxylic acids is 2. The van der Waals surface area contributed by atoms with Crippen molar-refractivity contribution in [3.63, 3.8) is 0 Å². The predicted molar refractivity (Wildman–Crippen MR) is 179 cm³/mol. The lowest BCUT2D eigenvalue weighted by molar-refractivity contribution is -0.140. The summed E-state index contributed by atoms with van der Waals surface area (Å²) in [4.78, 5) is 66.8. The number of nitrogens with zero attached hydrogens (tertiary/aromatic N) is 4. The first-order valence-corrected chi connectivity index (χ1v) is 16.5. The number of benzene rings is 1. The first-order chi connectivity index (χ1) is 22.7. The number of hydrogen-bond acceptors (Lipinski definition) is 11. The maximum Gasteiger partial charge on any atom is 0.317 e. The number of ether oxygens (including phenoxy) is 1. The predicted octanol–water partition coefficient (Wildman–Crippen LogP) is -0.209. The third-order valence-electron chi connectivity index (χ3n) is 7.88. The molecular formula is C33H54N6O9. The summed E-state index contributed by atoms with van der Waals surface area (Å²) in [5.41, 5.74) is 1.01. The van der Waals surface area contributed by atoms with Crippen LogP contribution >= 0.6 is 0 Å². The number of ketones is 1. The molecule has 15 nitrogen and oxygen atoms in total. The lowest BCUT2D eigenvalue weighted by Crippen LogP contribution is -2.50. The van der Waals surface area contributed by atoms with Gasteiger partial charge in [0.15, 0.2) is 5.78 Å². The van der Waals surface area contributed by atoms with Gasteiger partial charge in [-0.2, -0.15) is 0 Å². The van der Waals surface area contributed by atoms with Gasteiger partial charge in [-0.25, -0.2) is 0 Å². The van der Waals surface area contributed by atoms with Crippen molar-refractivity contribution in [1.29, 1.82) is 0 Å². The van der Waals surface area contributed by atoms with Gasteiger partial charge < -0.3 is 30.7 Å². The van der Waals surface area contributed by atoms with Crippen LogP contribution in [-0.2, 0) is 30.4 Å². The Balaban J connectivity index is 1.93. The minimum absolute atomic E-state index is 0.0301. The van der Waals surface area contributed by atoms with Gasteiger partial charge in [-0.3, -0.25) is 43.6 Å². The fourth-order valence-corrected chi connectivity index (χ4v) is 5.41. The molecule has 1 aliphatic rings. The van der Waals surface area contributed by atoms with Crippen LogP contribution in [0.25, 0.3) is 0 Å². The van der Waals surface area contributed by atoms with E-state index in [1.165, 1.54) is 0 Å². The highest BCUT2D eigenvalue weighted by molar-refractivity contribution is 5.86. The summed E-state index contributed by atoms with van der Waals surface area (Å²) >= 11 is 0. The number of carboxylic acid groups (broad SMARTS) is 3. The molecule has 0 aromatic heterocycles. The van der Waals surface area contributed by atoms with Crippen LogP contribution in [0.1, 0.15) is 33.3 Å². The van der Waals surface area contributed by atoms with Crippen molar-refractivity contribution in [2.24, 2.45) is 5.92 Å². The Morgan fingerprint density at radius 2 is 1.10 bits per heavy atom. The van der Waals surface area contributed by atoms with Crippen molar-refractivity contribution in [3.8, 4) is 5.75 Å². The number of Topliss-reactive ketones (excluding diaryl/α,β-unsaturated/α-hetero) is 1. The van der Waals surface area contributed by atoms with Gasteiger partial charge in [0.1, 0.15) is 12.4 Å². The lowest BCUT2D eigenvalue weighted by atomic mass is 9.95. The molecule has 5 N–H and O–H groups in total. The van der Waals surface area contributed by atoms with E-state index in [1.54, 1.807) is 14.7 Å². The summed E-state index contributed by atoms with van der Waals surface area (Å²) < 4.78 is 5.81. The van der Waals surface area contributed by atoms with Crippen LogP contribution in [0, 0.1) is 5.92 Å². The van der Waals surface area contributed by atoms with E-state index in [0.717, 1.165) is 5.56 Å². The van der Waals surface area contributed by atoms with E-state index in [1.807, 2.05) is 56.9 Å². The second-order valence-corrected chi connectivity index (χ2v) is 12.8. The molecule has 0 unspecified atom stereocenters. The molecule has 1 aliphatic heterocycles. The fourth-order valence-electron chi connectivity index (χ4n) is 5.41. The van der Waals surface area contributed by atoms with Crippen LogP contribution in [0.3, 0.4) is 0 Å². The van der Waals surface area contributed by atoms with Gasteiger partial charge in [-0.15, -0.1) is 0 Å². The molecule has 0 aliphatic carbocycles. The normalized spacial score (nSPS) is 17.0. The number of carbonyl (C=O) groups is 5. The Morgan fingerprint density at radius 1 is 0.688 bits per heavy atom. The summed E-state index contributed by atoms with van der Waals surface area (Å²) in [7, 11) is 0. The average molecular weight is 679 g/mol. The van der Waals surface area contributed by atoms with Gasteiger partial charge in [0.05, 0.1) is 38.8 Å². The van der Waals surface area contributed by atoms with Gasteiger partial charge in [0.25, 0.3) is 0 Å². The molecule has 1 aromatic rings. The monoisotopic (exact) mass is 678 g/mol. The summed E-state index contributed by atoms with van der Waals surface area (Å²) in [5, 5.41) is 34.3. The minimum atomic E-state index is -1.02. The molecule has 0 saturated carbocycles. The quantitative estimate of drug-likeness (QED) is 0.128. The van der Waals surface area contributed by atoms with Crippen molar-refractivity contribution in [2.75, 3.05) is 91.7 Å². The largest absolute Gasteiger partial charge is 0.492 e. The highest BCUT2D eigenvalue weighted by Crippen LogP contribution is 2.15. The van der Waals surface area contributed by atoms with E-state index < -0.39 is 17.9 Å². The van der Waals surface area contributed by atoms with E-state index in [-0.39, 0.29) is 69.0 Å². The zero-order chi connectivity index (χ0) is 35.6. The number of aliphatic carboxylic acids is 3. The molecule has 270 valence electrons. The Kier molecular flexibility index (Phi) is 18.0. The number of nitrogens with one attached hydrogen (secondary N) is 2. The lowest BCUT2D eigenvalue weighted by Gasteiger charge is -2.32. The second kappa shape index (κ2) is 21.4. The minimum Gasteiger partial charge on any atom is -0.492 e. The van der Waals surface area contributed by atoms with Gasteiger partial charge >= 0.3 is 17.9 Å². The van der Waals surface area contributed by atoms with Crippen LogP contribution in [0.4, 0.5) is 0 Å². The molecule has 48 heavy (non-hydrogen) atoms. The zero-order valence-corrected chi connectivity index (χ0v) is 28.7. The molecule has 1 fully saturated rings. The Bertz CT molecular complexity index is 1150. The van der Waals surface area contributed by atoms with Crippen molar-refractivity contribution in [3.05, 3.63) is 29.8 Å². The number of rotatable bonds is 18. The van der Waals surface area contributed by atoms with Gasteiger partial charge in [-0.1, -0.05) is 39.8 Å². The number of carboxylic acids is 3. The van der Waals surface area contributed by atoms with E-state index in [0.29, 0.717) is 64.5 Å². The third-order valence-corrected chi connectivity index (χ3v) is 7.88. The SMILES string of the molecule is CC(C)N[C@@H](Cc1ccc(OCCNC(=O)CN2CCN(CC(=O)O)CCN(CC(=O)O)CCN(CC(=O)O)CC2)cc1)C(=O)C(C)C. The van der Waals surface area contributed by atoms with Crippen LogP contribution < -0.4 is 15.4 Å². The molecule has 1 heterocycles. The first-order valence-electron chi connectivity index (χ1n) is 16.5. The zero-order valence-electron chi connectivity index (χ0n) is 28.7. The fraction of sp³-hybridized carbons (Fsp3) is 0.667. The molecule has 0 spiro atoms. The van der Waals surface area contributed by atoms with Crippen molar-refractivity contribution in [1.82, 2.24) is 30.2 Å². The Hall–Kier alpha value is -3.63. The second-order valence-electron chi connectivity index (χ2n) is 12.8. The number of hydrogen-bond donors (Lipinski definition) is 5. The topological polar surface area (TPSA) is 192 Å². The summed E-state index contributed by atoms with van der Waals surface area (Å²) in [6.45, 7) is 10.3. The molecule has 0 bridgehead atoms. The molecule has 1 atom stereocenters. The smallest absolute Gasteiger partial charge is 0.317 e. The molecule has 1 aromatic carbocycles. The standard InChI is InChI=1S/C33H54N6O9/c1-24(2)33(47)28(35-25(3)4)19-26-5-7-27(8-6-26)48-18-9-34-29(40)20-36-10-12-37(21-30(41)42)14-16-39(23-32(45)46)17-15-38(13-11-36)22-31(43)44/h5-8,24-25,28,35H,9-23H2,1-4H3,(H,34,40)(H,41,42)(H,43,44)(H,45,46)/t28-/m0/s1. The molecule has 0 radical (unpaired) electrons. The van der Waals surface area contributed by atoms with Crippen LogP contribution in [0.5, 0.6) is 5.75 Å². The van der Waals surface area contributed by atoms with Crippen LogP contribution in [-0.4, -0.2) is 168 Å². The van der Waals surface area contributed by atoms with Crippen molar-refractivity contribution in [2.45, 2.75) is 46.2 Å². The van der Waals surface area contributed by atoms with Gasteiger partial charge in [0.2, 0.25) is 5.91 Å². The van der Waals surface area contributed by atoms with E-state index in [4.69, 9.17) is 4.74 Å². The molecule has 1 amide bonds. The van der Waals surface area contributed by atoms with Crippen LogP contribution in [0.15, 0.2) is 24.3 Å². The Labute approximate surface area is 283 Å². The molecule has 1 saturated heterocycles. The molecule has 2 rings (SSSR count). The maximum atomic E-state index is 12.9. The number of amides is 1. The van der Waals surface area contributed by atoms with Gasteiger partial charge in [-0.05, 0) is 24.1 Å². The summed E-state index contributed by atoms with van der Waals surface area (Å²) in [6, 6.07) is 7.45. The average Bonchev–Trinajstić information content (AvgIpc) is 2.99. The van der Waals surface area contributed by atoms with E-state index in [2.05, 4.69) is 10.6 Å². The van der Waals surface area contributed by atoms with Gasteiger partial charge in [0, 0.05) is 64.3 Å². The first kappa shape index (κ1) is 40.5. The Morgan fingerprint density at radius 3 is 1.48 bits per heavy atom. The van der Waals surface area contributed by atoms with Crippen molar-refractivity contribution < 1.29 is 44.0 Å². The molecular weight excluding hydrogens is 624 g/mol. The van der Waals surface area contributed by atoms with Crippen molar-refractivity contribution >= 4 is 29.6 Å². The molecule has 15 heteroatoms.